The van der Waals surface area contributed by atoms with Crippen LogP contribution in [0.2, 0.25) is 0 Å². The molecule has 2 aromatic carbocycles. The van der Waals surface area contributed by atoms with Crippen LogP contribution in [0, 0.1) is 5.82 Å². The number of likely N-dealkylation sites (N-methyl/N-ethyl adjacent to an activating group) is 1. The average molecular weight is 317 g/mol. The molecular formula is C17H16FNO4. The van der Waals surface area contributed by atoms with Crippen LogP contribution in [-0.4, -0.2) is 31.3 Å². The molecule has 0 fully saturated rings. The second kappa shape index (κ2) is 6.56. The van der Waals surface area contributed by atoms with Crippen LogP contribution >= 0.6 is 0 Å². The Kier molecular flexibility index (Phi) is 4.32. The van der Waals surface area contributed by atoms with Gasteiger partial charge in [-0.15, -0.1) is 0 Å². The van der Waals surface area contributed by atoms with Crippen LogP contribution in [0.3, 0.4) is 0 Å². The number of fused-ring (bicyclic) bond motifs is 1. The van der Waals surface area contributed by atoms with Gasteiger partial charge in [0, 0.05) is 19.7 Å². The zero-order chi connectivity index (χ0) is 16.2. The van der Waals surface area contributed by atoms with Crippen molar-refractivity contribution >= 4 is 5.91 Å². The molecule has 0 unspecified atom stereocenters. The van der Waals surface area contributed by atoms with Gasteiger partial charge >= 0.3 is 0 Å². The average Bonchev–Trinajstić information content (AvgIpc) is 3.00. The molecule has 120 valence electrons. The molecule has 6 heteroatoms. The number of ether oxygens (including phenoxy) is 3. The molecule has 0 N–H and O–H groups in total. The molecule has 0 saturated heterocycles. The number of hydrogen-bond acceptors (Lipinski definition) is 4. The lowest BCUT2D eigenvalue weighted by molar-refractivity contribution is -0.132. The molecule has 0 saturated carbocycles. The fraction of sp³-hybridized carbons (Fsp3) is 0.235. The van der Waals surface area contributed by atoms with Gasteiger partial charge in [-0.25, -0.2) is 4.39 Å². The summed E-state index contributed by atoms with van der Waals surface area (Å²) >= 11 is 0. The Morgan fingerprint density at radius 3 is 2.87 bits per heavy atom. The third kappa shape index (κ3) is 3.71. The first-order chi connectivity index (χ1) is 11.1. The zero-order valence-electron chi connectivity index (χ0n) is 12.6. The monoisotopic (exact) mass is 317 g/mol. The van der Waals surface area contributed by atoms with Crippen molar-refractivity contribution in [2.75, 3.05) is 20.4 Å². The summed E-state index contributed by atoms with van der Waals surface area (Å²) in [5.74, 6) is 1.11. The van der Waals surface area contributed by atoms with Gasteiger partial charge in [-0.2, -0.15) is 0 Å². The molecule has 0 spiro atoms. The molecule has 0 atom stereocenters. The first-order valence-corrected chi connectivity index (χ1v) is 7.13. The molecular weight excluding hydrogens is 301 g/mol. The van der Waals surface area contributed by atoms with E-state index in [-0.39, 0.29) is 19.3 Å². The van der Waals surface area contributed by atoms with Crippen LogP contribution in [0.1, 0.15) is 5.56 Å². The Labute approximate surface area is 133 Å². The molecule has 1 heterocycles. The lowest BCUT2D eigenvalue weighted by Gasteiger charge is -2.17. The number of carbonyl (C=O) groups excluding carboxylic acids is 1. The van der Waals surface area contributed by atoms with Gasteiger partial charge in [-0.1, -0.05) is 12.1 Å². The summed E-state index contributed by atoms with van der Waals surface area (Å²) in [7, 11) is 1.68. The van der Waals surface area contributed by atoms with Crippen molar-refractivity contribution in [2.45, 2.75) is 6.54 Å². The van der Waals surface area contributed by atoms with Gasteiger partial charge in [0.05, 0.1) is 0 Å². The Morgan fingerprint density at radius 2 is 2.04 bits per heavy atom. The number of halogens is 1. The van der Waals surface area contributed by atoms with Crippen molar-refractivity contribution in [2.24, 2.45) is 0 Å². The molecule has 1 amide bonds. The van der Waals surface area contributed by atoms with E-state index in [1.807, 2.05) is 18.2 Å². The van der Waals surface area contributed by atoms with Crippen molar-refractivity contribution in [3.63, 3.8) is 0 Å². The maximum Gasteiger partial charge on any atom is 0.260 e. The van der Waals surface area contributed by atoms with E-state index in [0.29, 0.717) is 23.8 Å². The highest BCUT2D eigenvalue weighted by Crippen LogP contribution is 2.32. The maximum absolute atomic E-state index is 13.0. The second-order valence-corrected chi connectivity index (χ2v) is 5.18. The molecule has 0 aromatic heterocycles. The highest BCUT2D eigenvalue weighted by molar-refractivity contribution is 5.77. The summed E-state index contributed by atoms with van der Waals surface area (Å²) in [5.41, 5.74) is 0.927. The van der Waals surface area contributed by atoms with E-state index in [4.69, 9.17) is 14.2 Å². The van der Waals surface area contributed by atoms with Gasteiger partial charge in [0.1, 0.15) is 11.6 Å². The third-order valence-electron chi connectivity index (χ3n) is 3.44. The topological polar surface area (TPSA) is 48.0 Å². The van der Waals surface area contributed by atoms with E-state index in [2.05, 4.69) is 0 Å². The zero-order valence-corrected chi connectivity index (χ0v) is 12.6. The molecule has 2 aromatic rings. The van der Waals surface area contributed by atoms with E-state index in [1.54, 1.807) is 13.1 Å². The van der Waals surface area contributed by atoms with Crippen LogP contribution in [-0.2, 0) is 11.3 Å². The molecule has 3 rings (SSSR count). The van der Waals surface area contributed by atoms with Crippen molar-refractivity contribution in [1.82, 2.24) is 4.90 Å². The minimum absolute atomic E-state index is 0.148. The molecule has 5 nitrogen and oxygen atoms in total. The lowest BCUT2D eigenvalue weighted by atomic mass is 10.2. The second-order valence-electron chi connectivity index (χ2n) is 5.18. The van der Waals surface area contributed by atoms with E-state index < -0.39 is 5.82 Å². The van der Waals surface area contributed by atoms with Crippen molar-refractivity contribution in [3.05, 3.63) is 53.8 Å². The van der Waals surface area contributed by atoms with E-state index in [1.165, 1.54) is 23.1 Å². The predicted octanol–water partition coefficient (Wildman–Crippen LogP) is 2.59. The molecule has 0 bridgehead atoms. The Hall–Kier alpha value is -2.76. The molecule has 0 aliphatic carbocycles. The van der Waals surface area contributed by atoms with Crippen molar-refractivity contribution in [1.29, 1.82) is 0 Å². The fourth-order valence-corrected chi connectivity index (χ4v) is 2.21. The van der Waals surface area contributed by atoms with E-state index in [9.17, 15) is 9.18 Å². The maximum atomic E-state index is 13.0. The van der Waals surface area contributed by atoms with Gasteiger partial charge in [-0.05, 0) is 29.8 Å². The quantitative estimate of drug-likeness (QED) is 0.850. The lowest BCUT2D eigenvalue weighted by Crippen LogP contribution is -2.30. The molecule has 1 aliphatic rings. The predicted molar refractivity (Wildman–Crippen MR) is 80.9 cm³/mol. The number of rotatable bonds is 5. The first-order valence-electron chi connectivity index (χ1n) is 7.13. The summed E-state index contributed by atoms with van der Waals surface area (Å²) in [4.78, 5) is 13.6. The molecule has 23 heavy (non-hydrogen) atoms. The summed E-state index contributed by atoms with van der Waals surface area (Å²) in [6.07, 6.45) is 0. The van der Waals surface area contributed by atoms with E-state index >= 15 is 0 Å². The fourth-order valence-electron chi connectivity index (χ4n) is 2.21. The van der Waals surface area contributed by atoms with Crippen LogP contribution in [0.15, 0.2) is 42.5 Å². The number of nitrogens with zero attached hydrogens (tertiary/aromatic N) is 1. The number of amides is 1. The largest absolute Gasteiger partial charge is 0.484 e. The van der Waals surface area contributed by atoms with Crippen molar-refractivity contribution in [3.8, 4) is 17.2 Å². The van der Waals surface area contributed by atoms with Crippen LogP contribution in [0.4, 0.5) is 4.39 Å². The third-order valence-corrected chi connectivity index (χ3v) is 3.44. The van der Waals surface area contributed by atoms with Crippen LogP contribution < -0.4 is 14.2 Å². The van der Waals surface area contributed by atoms with Crippen LogP contribution in [0.25, 0.3) is 0 Å². The summed E-state index contributed by atoms with van der Waals surface area (Å²) in [6.45, 7) is 0.488. The van der Waals surface area contributed by atoms with E-state index in [0.717, 1.165) is 5.56 Å². The standard InChI is InChI=1S/C17H16FNO4/c1-19(9-12-5-6-15-16(7-12)23-11-22-15)17(20)10-21-14-4-2-3-13(18)8-14/h2-8H,9-11H2,1H3. The minimum atomic E-state index is -0.399. The van der Waals surface area contributed by atoms with Crippen LogP contribution in [0.5, 0.6) is 17.2 Å². The van der Waals surface area contributed by atoms with Gasteiger partial charge < -0.3 is 19.1 Å². The van der Waals surface area contributed by atoms with Gasteiger partial charge in [0.2, 0.25) is 6.79 Å². The SMILES string of the molecule is CN(Cc1ccc2c(c1)OCO2)C(=O)COc1cccc(F)c1. The van der Waals surface area contributed by atoms with Crippen molar-refractivity contribution < 1.29 is 23.4 Å². The summed E-state index contributed by atoms with van der Waals surface area (Å²) in [5, 5.41) is 0. The Balaban J connectivity index is 1.55. The number of benzene rings is 2. The number of hydrogen-bond donors (Lipinski definition) is 0. The molecule has 1 aliphatic heterocycles. The van der Waals surface area contributed by atoms with Gasteiger partial charge in [0.15, 0.2) is 18.1 Å². The first kappa shape index (κ1) is 15.1. The summed E-state index contributed by atoms with van der Waals surface area (Å²) < 4.78 is 28.9. The van der Waals surface area contributed by atoms with Gasteiger partial charge in [-0.3, -0.25) is 4.79 Å². The highest BCUT2D eigenvalue weighted by Gasteiger charge is 2.15. The Bertz CT molecular complexity index is 719. The normalized spacial score (nSPS) is 12.1. The number of carbonyl (C=O) groups is 1. The minimum Gasteiger partial charge on any atom is -0.484 e. The smallest absolute Gasteiger partial charge is 0.260 e. The highest BCUT2D eigenvalue weighted by atomic mass is 19.1. The van der Waals surface area contributed by atoms with Gasteiger partial charge in [0.25, 0.3) is 5.91 Å². The Morgan fingerprint density at radius 1 is 1.22 bits per heavy atom. The molecule has 0 radical (unpaired) electrons. The summed E-state index contributed by atoms with van der Waals surface area (Å²) in [6, 6.07) is 11.2.